The van der Waals surface area contributed by atoms with E-state index in [1.807, 2.05) is 0 Å². The average molecular weight is 587 g/mol. The van der Waals surface area contributed by atoms with Crippen LogP contribution >= 0.6 is 7.92 Å². The van der Waals surface area contributed by atoms with Crippen LogP contribution in [0, 0.1) is 46.5 Å². The number of benzene rings is 4. The third kappa shape index (κ3) is 5.08. The van der Waals surface area contributed by atoms with E-state index in [9.17, 15) is 26.3 Å². The Labute approximate surface area is 223 Å². The van der Waals surface area contributed by atoms with E-state index in [2.05, 4.69) is 20.8 Å². The fourth-order valence-electron chi connectivity index (χ4n) is 5.39. The highest BCUT2D eigenvalue weighted by Gasteiger charge is 2.34. The SMILES string of the molecule is CC[Si](CC)(CC)CCCP(c1ccc2cccc(F)c2c1)c1c(F)c(F)c(F)c2c(F)c(F)c(F)c(F)c12. The Hall–Kier alpha value is -2.51. The minimum absolute atomic E-state index is 0.140. The quantitative estimate of drug-likeness (QED) is 0.0603. The number of fused-ring (bicyclic) bond motifs is 2. The van der Waals surface area contributed by atoms with Gasteiger partial charge in [0.15, 0.2) is 40.7 Å². The molecule has 0 radical (unpaired) electrons. The van der Waals surface area contributed by atoms with Gasteiger partial charge in [0, 0.05) is 16.1 Å². The Morgan fingerprint density at radius 1 is 0.641 bits per heavy atom. The van der Waals surface area contributed by atoms with Crippen LogP contribution in [0.15, 0.2) is 36.4 Å². The van der Waals surface area contributed by atoms with Crippen LogP contribution < -0.4 is 10.6 Å². The highest BCUT2D eigenvalue weighted by atomic mass is 31.1. The van der Waals surface area contributed by atoms with Gasteiger partial charge in [-0.25, -0.2) is 35.1 Å². The molecule has 0 saturated heterocycles. The molecule has 4 rings (SSSR count). The predicted molar refractivity (Wildman–Crippen MR) is 145 cm³/mol. The molecular formula is C29H27F8PSi. The molecule has 0 bridgehead atoms. The van der Waals surface area contributed by atoms with Crippen molar-refractivity contribution >= 4 is 48.1 Å². The second-order valence-electron chi connectivity index (χ2n) is 9.76. The van der Waals surface area contributed by atoms with Gasteiger partial charge in [-0.3, -0.25) is 0 Å². The summed E-state index contributed by atoms with van der Waals surface area (Å²) >= 11 is 0. The van der Waals surface area contributed by atoms with Gasteiger partial charge < -0.3 is 0 Å². The molecule has 0 N–H and O–H groups in total. The van der Waals surface area contributed by atoms with Crippen molar-refractivity contribution in [1.29, 1.82) is 0 Å². The van der Waals surface area contributed by atoms with Crippen LogP contribution in [-0.4, -0.2) is 14.2 Å². The van der Waals surface area contributed by atoms with Crippen molar-refractivity contribution in [3.63, 3.8) is 0 Å². The lowest BCUT2D eigenvalue weighted by Crippen LogP contribution is -2.31. The maximum absolute atomic E-state index is 15.6. The molecule has 10 heteroatoms. The Balaban J connectivity index is 2.01. The maximum Gasteiger partial charge on any atom is 0.198 e. The van der Waals surface area contributed by atoms with Crippen LogP contribution in [0.3, 0.4) is 0 Å². The van der Waals surface area contributed by atoms with Gasteiger partial charge in [-0.15, -0.1) is 0 Å². The normalized spacial score (nSPS) is 13.0. The second kappa shape index (κ2) is 11.5. The minimum atomic E-state index is -2.32. The van der Waals surface area contributed by atoms with E-state index in [-0.39, 0.29) is 16.9 Å². The van der Waals surface area contributed by atoms with Crippen molar-refractivity contribution in [1.82, 2.24) is 0 Å². The smallest absolute Gasteiger partial charge is 0.198 e. The third-order valence-corrected chi connectivity index (χ3v) is 16.6. The number of hydrogen-bond donors (Lipinski definition) is 0. The molecule has 208 valence electrons. The van der Waals surface area contributed by atoms with Gasteiger partial charge in [0.25, 0.3) is 0 Å². The molecule has 1 unspecified atom stereocenters. The van der Waals surface area contributed by atoms with Crippen molar-refractivity contribution in [2.24, 2.45) is 0 Å². The molecule has 4 aromatic carbocycles. The Bertz CT molecular complexity index is 1530. The van der Waals surface area contributed by atoms with Crippen molar-refractivity contribution in [3.05, 3.63) is 82.9 Å². The van der Waals surface area contributed by atoms with Crippen molar-refractivity contribution in [2.45, 2.75) is 51.4 Å². The second-order valence-corrected chi connectivity index (χ2v) is 17.6. The van der Waals surface area contributed by atoms with E-state index in [1.54, 1.807) is 12.1 Å². The summed E-state index contributed by atoms with van der Waals surface area (Å²) in [5, 5.41) is -2.45. The summed E-state index contributed by atoms with van der Waals surface area (Å²) in [6.45, 7) is 6.31. The monoisotopic (exact) mass is 586 g/mol. The van der Waals surface area contributed by atoms with E-state index >= 15 is 8.78 Å². The van der Waals surface area contributed by atoms with E-state index in [4.69, 9.17) is 0 Å². The maximum atomic E-state index is 15.6. The van der Waals surface area contributed by atoms with Crippen LogP contribution in [0.25, 0.3) is 21.5 Å². The fourth-order valence-corrected chi connectivity index (χ4v) is 11.7. The van der Waals surface area contributed by atoms with Crippen molar-refractivity contribution in [3.8, 4) is 0 Å². The number of rotatable bonds is 9. The van der Waals surface area contributed by atoms with Gasteiger partial charge in [-0.1, -0.05) is 75.6 Å². The summed E-state index contributed by atoms with van der Waals surface area (Å²) in [4.78, 5) is 0. The fraction of sp³-hybridized carbons (Fsp3) is 0.310. The third-order valence-electron chi connectivity index (χ3n) is 8.05. The molecule has 0 aliphatic carbocycles. The molecule has 0 nitrogen and oxygen atoms in total. The largest absolute Gasteiger partial charge is 0.206 e. The Morgan fingerprint density at radius 3 is 1.79 bits per heavy atom. The zero-order chi connectivity index (χ0) is 28.6. The zero-order valence-corrected chi connectivity index (χ0v) is 23.6. The standard InChI is InChI=1S/C29H27F8PSi/c1-4-39(5-2,6-3)14-8-13-38(17-12-11-16-9-7-10-19(30)18(16)15-17)29-21-20(23(32)27(36)28(29)37)22(31)25(34)26(35)24(21)33/h7,9-12,15H,4-6,8,13-14H2,1-3H3. The van der Waals surface area contributed by atoms with E-state index in [0.29, 0.717) is 11.8 Å². The molecule has 39 heavy (non-hydrogen) atoms. The van der Waals surface area contributed by atoms with E-state index in [1.165, 1.54) is 24.3 Å². The molecule has 0 saturated carbocycles. The van der Waals surface area contributed by atoms with E-state index in [0.717, 1.165) is 24.2 Å². The summed E-state index contributed by atoms with van der Waals surface area (Å²) in [6.07, 6.45) is 0.637. The topological polar surface area (TPSA) is 0 Å². The molecule has 0 fully saturated rings. The molecule has 0 aliphatic heterocycles. The predicted octanol–water partition coefficient (Wildman–Crippen LogP) is 9.44. The molecule has 1 atom stereocenters. The molecular weight excluding hydrogens is 559 g/mol. The Morgan fingerprint density at radius 2 is 1.21 bits per heavy atom. The summed E-state index contributed by atoms with van der Waals surface area (Å²) < 4.78 is 118. The van der Waals surface area contributed by atoms with Gasteiger partial charge in [-0.2, -0.15) is 0 Å². The van der Waals surface area contributed by atoms with Crippen LogP contribution in [-0.2, 0) is 0 Å². The Kier molecular flexibility index (Phi) is 8.72. The summed E-state index contributed by atoms with van der Waals surface area (Å²) in [6, 6.07) is 12.7. The first-order chi connectivity index (χ1) is 18.5. The van der Waals surface area contributed by atoms with Crippen LogP contribution in [0.1, 0.15) is 27.2 Å². The first-order valence-corrected chi connectivity index (χ1v) is 17.1. The summed E-state index contributed by atoms with van der Waals surface area (Å²) in [7, 11) is -3.81. The molecule has 0 spiro atoms. The van der Waals surface area contributed by atoms with Gasteiger partial charge in [0.2, 0.25) is 0 Å². The minimum Gasteiger partial charge on any atom is -0.206 e. The molecule has 4 aromatic rings. The van der Waals surface area contributed by atoms with Gasteiger partial charge in [0.05, 0.1) is 13.5 Å². The van der Waals surface area contributed by atoms with Gasteiger partial charge in [-0.05, 0) is 36.9 Å². The van der Waals surface area contributed by atoms with Gasteiger partial charge >= 0.3 is 0 Å². The first kappa shape index (κ1) is 29.5. The van der Waals surface area contributed by atoms with E-state index < -0.39 is 78.6 Å². The highest BCUT2D eigenvalue weighted by molar-refractivity contribution is 7.73. The molecule has 0 aromatic heterocycles. The molecule has 0 aliphatic rings. The molecule has 0 heterocycles. The zero-order valence-electron chi connectivity index (χ0n) is 21.7. The first-order valence-electron chi connectivity index (χ1n) is 12.8. The lowest BCUT2D eigenvalue weighted by molar-refractivity contribution is 0.411. The molecule has 0 amide bonds. The lowest BCUT2D eigenvalue weighted by atomic mass is 10.1. The van der Waals surface area contributed by atoms with Crippen LogP contribution in [0.5, 0.6) is 0 Å². The van der Waals surface area contributed by atoms with Crippen molar-refractivity contribution < 1.29 is 35.1 Å². The highest BCUT2D eigenvalue weighted by Crippen LogP contribution is 2.43. The van der Waals surface area contributed by atoms with Gasteiger partial charge in [0.1, 0.15) is 5.82 Å². The summed E-state index contributed by atoms with van der Waals surface area (Å²) in [5.74, 6) is -15.4. The average Bonchev–Trinajstić information content (AvgIpc) is 2.95. The summed E-state index contributed by atoms with van der Waals surface area (Å²) in [5.41, 5.74) is 0. The van der Waals surface area contributed by atoms with Crippen LogP contribution in [0.2, 0.25) is 24.2 Å². The number of hydrogen-bond acceptors (Lipinski definition) is 0. The van der Waals surface area contributed by atoms with Crippen molar-refractivity contribution in [2.75, 3.05) is 6.16 Å². The lowest BCUT2D eigenvalue weighted by Gasteiger charge is -2.29. The number of halogens is 8. The van der Waals surface area contributed by atoms with Crippen LogP contribution in [0.4, 0.5) is 35.1 Å².